The Hall–Kier alpha value is -2.93. The molecule has 0 saturated heterocycles. The summed E-state index contributed by atoms with van der Waals surface area (Å²) < 4.78 is 13.5. The van der Waals surface area contributed by atoms with Crippen molar-refractivity contribution in [1.29, 1.82) is 0 Å². The molecule has 0 radical (unpaired) electrons. The van der Waals surface area contributed by atoms with E-state index in [4.69, 9.17) is 0 Å². The zero-order chi connectivity index (χ0) is 19.3. The number of nitrogens with one attached hydrogen (secondary N) is 2. The number of benzene rings is 2. The van der Waals surface area contributed by atoms with E-state index in [0.717, 1.165) is 23.9 Å². The third-order valence-electron chi connectivity index (χ3n) is 4.46. The Balaban J connectivity index is 1.35. The van der Waals surface area contributed by atoms with Crippen LogP contribution in [-0.4, -0.2) is 33.2 Å². The molecule has 0 atom stereocenters. The normalized spacial score (nSPS) is 11.2. The van der Waals surface area contributed by atoms with Crippen LogP contribution < -0.4 is 5.32 Å². The molecule has 28 heavy (non-hydrogen) atoms. The van der Waals surface area contributed by atoms with Gasteiger partial charge in [0.15, 0.2) is 0 Å². The van der Waals surface area contributed by atoms with Gasteiger partial charge in [-0.1, -0.05) is 42.1 Å². The summed E-state index contributed by atoms with van der Waals surface area (Å²) in [6, 6.07) is 14.7. The first-order valence-electron chi connectivity index (χ1n) is 9.06. The van der Waals surface area contributed by atoms with E-state index in [1.807, 2.05) is 18.2 Å². The van der Waals surface area contributed by atoms with Crippen LogP contribution in [0, 0.1) is 5.82 Å². The van der Waals surface area contributed by atoms with Gasteiger partial charge in [-0.3, -0.25) is 4.79 Å². The number of carbonyl (C=O) groups is 1. The van der Waals surface area contributed by atoms with Crippen molar-refractivity contribution in [2.75, 3.05) is 12.3 Å². The summed E-state index contributed by atoms with van der Waals surface area (Å²) >= 11 is 1.34. The highest BCUT2D eigenvalue weighted by Gasteiger charge is 2.13. The van der Waals surface area contributed by atoms with E-state index in [9.17, 15) is 9.18 Å². The maximum absolute atomic E-state index is 13.5. The van der Waals surface area contributed by atoms with Crippen molar-refractivity contribution in [3.63, 3.8) is 0 Å². The molecule has 1 amide bonds. The molecule has 0 aliphatic carbocycles. The monoisotopic (exact) mass is 394 g/mol. The van der Waals surface area contributed by atoms with Crippen LogP contribution in [0.1, 0.15) is 12.0 Å². The van der Waals surface area contributed by atoms with Gasteiger partial charge in [0.2, 0.25) is 5.91 Å². The number of hydrogen-bond acceptors (Lipinski definition) is 4. The fraction of sp³-hybridized carbons (Fsp3) is 0.190. The fourth-order valence-electron chi connectivity index (χ4n) is 3.10. The number of thioether (sulfide) groups is 1. The van der Waals surface area contributed by atoms with E-state index >= 15 is 0 Å². The molecule has 0 unspecified atom stereocenters. The number of aryl methyl sites for hydroxylation is 1. The Kier molecular flexibility index (Phi) is 5.53. The number of amides is 1. The third kappa shape index (κ3) is 4.14. The van der Waals surface area contributed by atoms with Crippen molar-refractivity contribution in [2.45, 2.75) is 17.9 Å². The van der Waals surface area contributed by atoms with Gasteiger partial charge >= 0.3 is 0 Å². The fourth-order valence-corrected chi connectivity index (χ4v) is 3.89. The molecule has 2 aromatic heterocycles. The highest BCUT2D eigenvalue weighted by Crippen LogP contribution is 2.29. The van der Waals surface area contributed by atoms with Gasteiger partial charge < -0.3 is 10.3 Å². The molecule has 2 heterocycles. The summed E-state index contributed by atoms with van der Waals surface area (Å²) in [4.78, 5) is 23.9. The number of carbonyl (C=O) groups excluding carboxylic acids is 1. The van der Waals surface area contributed by atoms with E-state index in [2.05, 4.69) is 32.4 Å². The van der Waals surface area contributed by atoms with Gasteiger partial charge in [-0.25, -0.2) is 14.4 Å². The van der Waals surface area contributed by atoms with Crippen LogP contribution >= 0.6 is 11.8 Å². The molecule has 4 aromatic rings. The largest absolute Gasteiger partial charge is 0.355 e. The summed E-state index contributed by atoms with van der Waals surface area (Å²) in [5.41, 5.74) is 3.45. The van der Waals surface area contributed by atoms with Gasteiger partial charge in [0.25, 0.3) is 0 Å². The Labute approximate surface area is 165 Å². The number of rotatable bonds is 7. The second-order valence-electron chi connectivity index (χ2n) is 6.45. The minimum absolute atomic E-state index is 0.0352. The average molecular weight is 394 g/mol. The SMILES string of the molecule is O=C(CSc1ncnc2c1[nH]c1ccc(F)cc12)NCCCc1ccccc1. The smallest absolute Gasteiger partial charge is 0.230 e. The molecular weight excluding hydrogens is 375 g/mol. The number of aromatic nitrogens is 3. The third-order valence-corrected chi connectivity index (χ3v) is 5.45. The van der Waals surface area contributed by atoms with Crippen LogP contribution in [0.2, 0.25) is 0 Å². The molecule has 0 fully saturated rings. The molecular formula is C21H19FN4OS. The second-order valence-corrected chi connectivity index (χ2v) is 7.41. The Bertz CT molecular complexity index is 1110. The Morgan fingerprint density at radius 2 is 2.00 bits per heavy atom. The molecule has 0 saturated carbocycles. The standard InChI is InChI=1S/C21H19FN4OS/c22-15-8-9-17-16(11-15)19-20(26-17)21(25-13-24-19)28-12-18(27)23-10-4-7-14-5-2-1-3-6-14/h1-3,5-6,8-9,11,13,26H,4,7,10,12H2,(H,23,27). The highest BCUT2D eigenvalue weighted by molar-refractivity contribution is 8.00. The molecule has 2 N–H and O–H groups in total. The summed E-state index contributed by atoms with van der Waals surface area (Å²) in [5.74, 6) is -0.0793. The minimum atomic E-state index is -0.309. The first-order valence-corrected chi connectivity index (χ1v) is 10.0. The second kappa shape index (κ2) is 8.39. The number of halogens is 1. The first kappa shape index (κ1) is 18.4. The lowest BCUT2D eigenvalue weighted by Crippen LogP contribution is -2.26. The number of aromatic amines is 1. The van der Waals surface area contributed by atoms with Crippen LogP contribution in [0.25, 0.3) is 21.9 Å². The summed E-state index contributed by atoms with van der Waals surface area (Å²) in [6.07, 6.45) is 3.28. The van der Waals surface area contributed by atoms with Crippen molar-refractivity contribution in [3.8, 4) is 0 Å². The van der Waals surface area contributed by atoms with Crippen molar-refractivity contribution in [1.82, 2.24) is 20.3 Å². The van der Waals surface area contributed by atoms with Crippen LogP contribution in [-0.2, 0) is 11.2 Å². The zero-order valence-corrected chi connectivity index (χ0v) is 15.9. The molecule has 0 spiro atoms. The lowest BCUT2D eigenvalue weighted by molar-refractivity contribution is -0.118. The van der Waals surface area contributed by atoms with Crippen LogP contribution in [0.4, 0.5) is 4.39 Å². The van der Waals surface area contributed by atoms with Gasteiger partial charge in [0.1, 0.15) is 22.7 Å². The van der Waals surface area contributed by atoms with E-state index in [-0.39, 0.29) is 17.5 Å². The predicted molar refractivity (Wildman–Crippen MR) is 110 cm³/mol. The maximum atomic E-state index is 13.5. The lowest BCUT2D eigenvalue weighted by Gasteiger charge is -2.05. The number of H-pyrrole nitrogens is 1. The molecule has 4 rings (SSSR count). The van der Waals surface area contributed by atoms with E-state index in [1.54, 1.807) is 6.07 Å². The summed E-state index contributed by atoms with van der Waals surface area (Å²) in [7, 11) is 0. The van der Waals surface area contributed by atoms with Crippen molar-refractivity contribution >= 4 is 39.6 Å². The topological polar surface area (TPSA) is 70.7 Å². The zero-order valence-electron chi connectivity index (χ0n) is 15.1. The van der Waals surface area contributed by atoms with Gasteiger partial charge in [-0.2, -0.15) is 0 Å². The maximum Gasteiger partial charge on any atom is 0.230 e. The molecule has 0 bridgehead atoms. The number of nitrogens with zero attached hydrogens (tertiary/aromatic N) is 2. The summed E-state index contributed by atoms with van der Waals surface area (Å²) in [5, 5.41) is 4.34. The molecule has 0 aliphatic heterocycles. The average Bonchev–Trinajstić information content (AvgIpc) is 3.09. The summed E-state index contributed by atoms with van der Waals surface area (Å²) in [6.45, 7) is 0.638. The van der Waals surface area contributed by atoms with E-state index < -0.39 is 0 Å². The van der Waals surface area contributed by atoms with Gasteiger partial charge in [0, 0.05) is 17.4 Å². The van der Waals surface area contributed by atoms with Gasteiger partial charge in [-0.05, 0) is 36.6 Å². The molecule has 2 aromatic carbocycles. The van der Waals surface area contributed by atoms with Crippen molar-refractivity contribution in [2.24, 2.45) is 0 Å². The molecule has 7 heteroatoms. The van der Waals surface area contributed by atoms with Gasteiger partial charge in [0.05, 0.1) is 11.3 Å². The number of hydrogen-bond donors (Lipinski definition) is 2. The Morgan fingerprint density at radius 1 is 1.14 bits per heavy atom. The van der Waals surface area contributed by atoms with E-state index in [1.165, 1.54) is 35.8 Å². The quantitative estimate of drug-likeness (QED) is 0.281. The minimum Gasteiger partial charge on any atom is -0.355 e. The number of fused-ring (bicyclic) bond motifs is 3. The van der Waals surface area contributed by atoms with Crippen molar-refractivity contribution in [3.05, 3.63) is 66.2 Å². The Morgan fingerprint density at radius 3 is 2.86 bits per heavy atom. The van der Waals surface area contributed by atoms with Crippen molar-refractivity contribution < 1.29 is 9.18 Å². The molecule has 142 valence electrons. The van der Waals surface area contributed by atoms with Crippen LogP contribution in [0.15, 0.2) is 59.9 Å². The first-order chi connectivity index (χ1) is 13.7. The predicted octanol–water partition coefficient (Wildman–Crippen LogP) is 4.09. The highest BCUT2D eigenvalue weighted by atomic mass is 32.2. The van der Waals surface area contributed by atoms with Gasteiger partial charge in [-0.15, -0.1) is 0 Å². The van der Waals surface area contributed by atoms with Crippen LogP contribution in [0.3, 0.4) is 0 Å². The molecule has 5 nitrogen and oxygen atoms in total. The van der Waals surface area contributed by atoms with E-state index in [0.29, 0.717) is 22.5 Å². The van der Waals surface area contributed by atoms with Crippen LogP contribution in [0.5, 0.6) is 0 Å². The molecule has 0 aliphatic rings. The lowest BCUT2D eigenvalue weighted by atomic mass is 10.1.